The normalized spacial score (nSPS) is 13.7. The first-order valence-corrected chi connectivity index (χ1v) is 13.1. The third-order valence-electron chi connectivity index (χ3n) is 6.42. The van der Waals surface area contributed by atoms with E-state index in [4.69, 9.17) is 4.74 Å². The van der Waals surface area contributed by atoms with Crippen LogP contribution in [0.25, 0.3) is 11.0 Å². The number of pyridine rings is 1. The zero-order chi connectivity index (χ0) is 28.6. The molecule has 0 radical (unpaired) electrons. The van der Waals surface area contributed by atoms with Crippen molar-refractivity contribution in [1.82, 2.24) is 24.8 Å². The summed E-state index contributed by atoms with van der Waals surface area (Å²) in [5.74, 6) is 1.11. The molecule has 40 heavy (non-hydrogen) atoms. The highest BCUT2D eigenvalue weighted by atomic mass is 16.5. The smallest absolute Gasteiger partial charge is 0.407 e. The Morgan fingerprint density at radius 2 is 2.02 bits per heavy atom. The standard InChI is InChI=1S/C28H34N6O6/c1-33(2)24(35)12-5-4-8-20(31-28(38)39-3)26(36)30-21-10-7-15-34(27(21)37)16-23-29-19-9-6-11-22(25(19)32-23)40-17-18-13-14-18/h5-7,9-12,15,18,20H,4,8,13-14,16-17H2,1-3H3,(H,29,32)(H,30,36)(H,31,38)/b12-5+. The summed E-state index contributed by atoms with van der Waals surface area (Å²) in [6.45, 7) is 0.818. The molecule has 212 valence electrons. The minimum absolute atomic E-state index is 0.0482. The van der Waals surface area contributed by atoms with E-state index >= 15 is 0 Å². The Morgan fingerprint density at radius 3 is 2.75 bits per heavy atom. The lowest BCUT2D eigenvalue weighted by Gasteiger charge is -2.17. The fourth-order valence-electron chi connectivity index (χ4n) is 3.95. The van der Waals surface area contributed by atoms with Crippen molar-refractivity contribution in [2.75, 3.05) is 33.1 Å². The van der Waals surface area contributed by atoms with Crippen LogP contribution in [0.15, 0.2) is 53.5 Å². The fourth-order valence-corrected chi connectivity index (χ4v) is 3.95. The van der Waals surface area contributed by atoms with Crippen molar-refractivity contribution in [2.24, 2.45) is 5.92 Å². The van der Waals surface area contributed by atoms with E-state index in [9.17, 15) is 19.2 Å². The van der Waals surface area contributed by atoms with Crippen LogP contribution in [0.5, 0.6) is 5.75 Å². The summed E-state index contributed by atoms with van der Waals surface area (Å²) >= 11 is 0. The number of fused-ring (bicyclic) bond motifs is 1. The van der Waals surface area contributed by atoms with Gasteiger partial charge in [-0.2, -0.15) is 0 Å². The van der Waals surface area contributed by atoms with Gasteiger partial charge in [-0.05, 0) is 61.9 Å². The predicted octanol–water partition coefficient (Wildman–Crippen LogP) is 2.65. The SMILES string of the molecule is COC(=O)NC(CC/C=C/C(=O)N(C)C)C(=O)Nc1cccn(Cc2nc3cccc(OCC4CC4)c3[nH]2)c1=O. The largest absolute Gasteiger partial charge is 0.491 e. The number of H-pyrrole nitrogens is 1. The van der Waals surface area contributed by atoms with Gasteiger partial charge in [0.05, 0.1) is 25.8 Å². The molecule has 1 atom stereocenters. The second-order valence-corrected chi connectivity index (χ2v) is 9.83. The summed E-state index contributed by atoms with van der Waals surface area (Å²) < 4.78 is 12.0. The van der Waals surface area contributed by atoms with Crippen LogP contribution in [-0.2, 0) is 20.9 Å². The summed E-state index contributed by atoms with van der Waals surface area (Å²) in [7, 11) is 4.45. The third-order valence-corrected chi connectivity index (χ3v) is 6.42. The number of alkyl carbamates (subject to hydrolysis) is 1. The van der Waals surface area contributed by atoms with E-state index in [-0.39, 0.29) is 24.6 Å². The highest BCUT2D eigenvalue weighted by Crippen LogP contribution is 2.31. The first-order chi connectivity index (χ1) is 19.2. The number of ether oxygens (including phenoxy) is 2. The number of aromatic amines is 1. The number of methoxy groups -OCH3 is 1. The van der Waals surface area contributed by atoms with E-state index in [0.29, 0.717) is 24.8 Å². The van der Waals surface area contributed by atoms with Gasteiger partial charge < -0.3 is 34.6 Å². The van der Waals surface area contributed by atoms with E-state index in [1.165, 1.54) is 41.6 Å². The molecule has 3 amide bonds. The van der Waals surface area contributed by atoms with Crippen molar-refractivity contribution in [3.63, 3.8) is 0 Å². The van der Waals surface area contributed by atoms with Crippen LogP contribution in [-0.4, -0.2) is 71.2 Å². The number of para-hydroxylation sites is 1. The molecule has 1 aromatic carbocycles. The number of carbonyl (C=O) groups excluding carboxylic acids is 3. The number of nitrogens with zero attached hydrogens (tertiary/aromatic N) is 3. The minimum Gasteiger partial charge on any atom is -0.491 e. The quantitative estimate of drug-likeness (QED) is 0.294. The van der Waals surface area contributed by atoms with Gasteiger partial charge in [-0.3, -0.25) is 14.4 Å². The maximum absolute atomic E-state index is 13.2. The van der Waals surface area contributed by atoms with Gasteiger partial charge in [0.25, 0.3) is 5.56 Å². The van der Waals surface area contributed by atoms with Crippen molar-refractivity contribution in [3.8, 4) is 5.75 Å². The number of anilines is 1. The molecule has 1 saturated carbocycles. The molecular weight excluding hydrogens is 516 g/mol. The molecule has 1 unspecified atom stereocenters. The first kappa shape index (κ1) is 28.4. The summed E-state index contributed by atoms with van der Waals surface area (Å²) in [6, 6.07) is 7.78. The fraction of sp³-hybridized carbons (Fsp3) is 0.393. The Balaban J connectivity index is 1.45. The molecule has 2 heterocycles. The maximum atomic E-state index is 13.2. The van der Waals surface area contributed by atoms with Crippen LogP contribution in [0.2, 0.25) is 0 Å². The number of aromatic nitrogens is 3. The zero-order valence-electron chi connectivity index (χ0n) is 22.8. The summed E-state index contributed by atoms with van der Waals surface area (Å²) in [5.41, 5.74) is 1.12. The van der Waals surface area contributed by atoms with Crippen molar-refractivity contribution in [3.05, 3.63) is 64.9 Å². The minimum atomic E-state index is -0.996. The average Bonchev–Trinajstić information content (AvgIpc) is 3.67. The Bertz CT molecular complexity index is 1450. The van der Waals surface area contributed by atoms with Crippen LogP contribution >= 0.6 is 0 Å². The first-order valence-electron chi connectivity index (χ1n) is 13.1. The number of allylic oxidation sites excluding steroid dienone is 1. The second-order valence-electron chi connectivity index (χ2n) is 9.83. The van der Waals surface area contributed by atoms with E-state index in [0.717, 1.165) is 16.8 Å². The molecular formula is C28H34N6O6. The molecule has 3 N–H and O–H groups in total. The van der Waals surface area contributed by atoms with Gasteiger partial charge in [-0.25, -0.2) is 9.78 Å². The lowest BCUT2D eigenvalue weighted by atomic mass is 10.1. The molecule has 2 aromatic heterocycles. The second kappa shape index (κ2) is 13.0. The van der Waals surface area contributed by atoms with Crippen molar-refractivity contribution in [2.45, 2.75) is 38.3 Å². The number of carbonyl (C=O) groups is 3. The molecule has 1 aliphatic carbocycles. The van der Waals surface area contributed by atoms with E-state index < -0.39 is 23.6 Å². The van der Waals surface area contributed by atoms with E-state index in [1.54, 1.807) is 32.4 Å². The summed E-state index contributed by atoms with van der Waals surface area (Å²) in [5, 5.41) is 5.08. The molecule has 3 aromatic rings. The van der Waals surface area contributed by atoms with Crippen LogP contribution in [0.3, 0.4) is 0 Å². The van der Waals surface area contributed by atoms with Crippen molar-refractivity contribution in [1.29, 1.82) is 0 Å². The molecule has 0 bridgehead atoms. The Morgan fingerprint density at radius 1 is 1.23 bits per heavy atom. The van der Waals surface area contributed by atoms with Gasteiger partial charge in [0.1, 0.15) is 28.8 Å². The highest BCUT2D eigenvalue weighted by Gasteiger charge is 2.23. The summed E-state index contributed by atoms with van der Waals surface area (Å²) in [4.78, 5) is 59.1. The number of likely N-dealkylation sites (N-methyl/N-ethyl adjacent to an activating group) is 1. The molecule has 1 aliphatic rings. The maximum Gasteiger partial charge on any atom is 0.407 e. The predicted molar refractivity (Wildman–Crippen MR) is 149 cm³/mol. The van der Waals surface area contributed by atoms with Gasteiger partial charge in [-0.15, -0.1) is 0 Å². The van der Waals surface area contributed by atoms with Crippen LogP contribution in [0.1, 0.15) is 31.5 Å². The number of amides is 3. The number of benzene rings is 1. The molecule has 12 nitrogen and oxygen atoms in total. The van der Waals surface area contributed by atoms with Crippen LogP contribution < -0.4 is 20.9 Å². The van der Waals surface area contributed by atoms with Gasteiger partial charge in [0.15, 0.2) is 0 Å². The van der Waals surface area contributed by atoms with Gasteiger partial charge >= 0.3 is 6.09 Å². The Labute approximate surface area is 231 Å². The van der Waals surface area contributed by atoms with Crippen LogP contribution in [0.4, 0.5) is 10.5 Å². The Kier molecular flexibility index (Phi) is 9.20. The summed E-state index contributed by atoms with van der Waals surface area (Å²) in [6.07, 6.45) is 6.72. The number of hydrogen-bond acceptors (Lipinski definition) is 7. The number of imidazole rings is 1. The Hall–Kier alpha value is -4.61. The topological polar surface area (TPSA) is 148 Å². The molecule has 4 rings (SSSR count). The number of rotatable bonds is 12. The number of nitrogens with one attached hydrogen (secondary N) is 3. The monoisotopic (exact) mass is 550 g/mol. The molecule has 0 spiro atoms. The lowest BCUT2D eigenvalue weighted by Crippen LogP contribution is -2.44. The lowest BCUT2D eigenvalue weighted by molar-refractivity contribution is -0.123. The van der Waals surface area contributed by atoms with Gasteiger partial charge in [0, 0.05) is 20.3 Å². The highest BCUT2D eigenvalue weighted by molar-refractivity contribution is 5.96. The van der Waals surface area contributed by atoms with E-state index in [1.807, 2.05) is 18.2 Å². The molecule has 12 heteroatoms. The van der Waals surface area contributed by atoms with Crippen molar-refractivity contribution < 1.29 is 23.9 Å². The number of hydrogen-bond donors (Lipinski definition) is 3. The van der Waals surface area contributed by atoms with Crippen molar-refractivity contribution >= 4 is 34.6 Å². The molecule has 0 saturated heterocycles. The average molecular weight is 551 g/mol. The van der Waals surface area contributed by atoms with Gasteiger partial charge in [0.2, 0.25) is 11.8 Å². The third kappa shape index (κ3) is 7.49. The van der Waals surface area contributed by atoms with Gasteiger partial charge in [-0.1, -0.05) is 12.1 Å². The zero-order valence-corrected chi connectivity index (χ0v) is 22.8. The van der Waals surface area contributed by atoms with Crippen LogP contribution in [0, 0.1) is 5.92 Å². The molecule has 1 fully saturated rings. The molecule has 0 aliphatic heterocycles. The van der Waals surface area contributed by atoms with E-state index in [2.05, 4.69) is 25.3 Å².